The zero-order valence-corrected chi connectivity index (χ0v) is 11.7. The third-order valence-corrected chi connectivity index (χ3v) is 3.43. The summed E-state index contributed by atoms with van der Waals surface area (Å²) >= 11 is 0. The Morgan fingerprint density at radius 1 is 1.24 bits per heavy atom. The normalized spacial score (nSPS) is 13.2. The van der Waals surface area contributed by atoms with Gasteiger partial charge in [-0.1, -0.05) is 12.1 Å². The molecule has 0 aliphatic carbocycles. The van der Waals surface area contributed by atoms with Crippen LogP contribution in [0.1, 0.15) is 10.4 Å². The number of hydrogen-bond donors (Lipinski definition) is 1. The van der Waals surface area contributed by atoms with E-state index < -0.39 is 0 Å². The molecule has 0 spiro atoms. The van der Waals surface area contributed by atoms with Crippen LogP contribution >= 0.6 is 0 Å². The van der Waals surface area contributed by atoms with E-state index >= 15 is 0 Å². The van der Waals surface area contributed by atoms with E-state index in [2.05, 4.69) is 15.2 Å². The fraction of sp³-hybridized carbons (Fsp3) is 0.250. The van der Waals surface area contributed by atoms with Gasteiger partial charge in [0.05, 0.1) is 12.2 Å². The summed E-state index contributed by atoms with van der Waals surface area (Å²) in [6, 6.07) is 11.4. The molecule has 1 aliphatic rings. The van der Waals surface area contributed by atoms with E-state index in [1.807, 2.05) is 24.3 Å². The summed E-state index contributed by atoms with van der Waals surface area (Å²) in [6.07, 6.45) is 3.24. The number of carbonyl (C=O) groups is 1. The van der Waals surface area contributed by atoms with Gasteiger partial charge in [0.25, 0.3) is 5.91 Å². The van der Waals surface area contributed by atoms with E-state index in [0.717, 1.165) is 24.5 Å². The van der Waals surface area contributed by atoms with Gasteiger partial charge in [0, 0.05) is 31.0 Å². The molecule has 5 heteroatoms. The third kappa shape index (κ3) is 3.13. The first-order valence-corrected chi connectivity index (χ1v) is 6.99. The lowest BCUT2D eigenvalue weighted by Crippen LogP contribution is -2.39. The molecule has 1 aliphatic heterocycles. The summed E-state index contributed by atoms with van der Waals surface area (Å²) in [5.41, 5.74) is 1.72. The summed E-state index contributed by atoms with van der Waals surface area (Å²) in [4.78, 5) is 18.1. The van der Waals surface area contributed by atoms with Crippen molar-refractivity contribution < 1.29 is 9.53 Å². The van der Waals surface area contributed by atoms with E-state index in [9.17, 15) is 4.79 Å². The Labute approximate surface area is 123 Å². The maximum absolute atomic E-state index is 11.9. The Morgan fingerprint density at radius 2 is 2.05 bits per heavy atom. The highest BCUT2D eigenvalue weighted by Gasteiger charge is 2.17. The number of carbonyl (C=O) groups excluding carboxylic acids is 1. The molecule has 1 aromatic heterocycles. The minimum atomic E-state index is -0.0704. The van der Waals surface area contributed by atoms with Gasteiger partial charge in [-0.15, -0.1) is 0 Å². The smallest absolute Gasteiger partial charge is 0.251 e. The molecule has 108 valence electrons. The van der Waals surface area contributed by atoms with Gasteiger partial charge in [-0.3, -0.25) is 9.78 Å². The number of ether oxygens (including phenoxy) is 1. The predicted molar refractivity (Wildman–Crippen MR) is 80.7 cm³/mol. The summed E-state index contributed by atoms with van der Waals surface area (Å²) < 4.78 is 5.61. The third-order valence-electron chi connectivity index (χ3n) is 3.43. The largest absolute Gasteiger partial charge is 0.490 e. The van der Waals surface area contributed by atoms with Crippen molar-refractivity contribution in [2.24, 2.45) is 0 Å². The van der Waals surface area contributed by atoms with Crippen molar-refractivity contribution >= 4 is 11.6 Å². The number of nitrogens with zero attached hydrogens (tertiary/aromatic N) is 2. The highest BCUT2D eigenvalue weighted by Crippen LogP contribution is 2.30. The second-order valence-electron chi connectivity index (χ2n) is 4.80. The number of nitrogens with one attached hydrogen (secondary N) is 1. The molecule has 5 nitrogen and oxygen atoms in total. The van der Waals surface area contributed by atoms with Gasteiger partial charge in [-0.2, -0.15) is 0 Å². The SMILES string of the molecule is O=C(NCCN1CCOc2ccccc21)c1ccncc1. The number of benzene rings is 1. The van der Waals surface area contributed by atoms with Gasteiger partial charge in [0.2, 0.25) is 0 Å². The molecule has 2 heterocycles. The molecule has 1 N–H and O–H groups in total. The highest BCUT2D eigenvalue weighted by molar-refractivity contribution is 5.93. The number of amides is 1. The van der Waals surface area contributed by atoms with Crippen molar-refractivity contribution in [3.63, 3.8) is 0 Å². The lowest BCUT2D eigenvalue weighted by atomic mass is 10.2. The van der Waals surface area contributed by atoms with Crippen LogP contribution in [-0.2, 0) is 0 Å². The van der Waals surface area contributed by atoms with Crippen LogP contribution in [0, 0.1) is 0 Å². The van der Waals surface area contributed by atoms with Crippen LogP contribution in [0.3, 0.4) is 0 Å². The van der Waals surface area contributed by atoms with Gasteiger partial charge < -0.3 is 15.0 Å². The van der Waals surface area contributed by atoms with Crippen LogP contribution in [-0.4, -0.2) is 37.1 Å². The molecule has 0 unspecified atom stereocenters. The molecule has 1 amide bonds. The van der Waals surface area contributed by atoms with E-state index in [4.69, 9.17) is 4.74 Å². The van der Waals surface area contributed by atoms with Gasteiger partial charge >= 0.3 is 0 Å². The maximum Gasteiger partial charge on any atom is 0.251 e. The fourth-order valence-corrected chi connectivity index (χ4v) is 2.37. The van der Waals surface area contributed by atoms with Crippen LogP contribution < -0.4 is 15.0 Å². The highest BCUT2D eigenvalue weighted by atomic mass is 16.5. The minimum absolute atomic E-state index is 0.0704. The number of fused-ring (bicyclic) bond motifs is 1. The quantitative estimate of drug-likeness (QED) is 0.928. The van der Waals surface area contributed by atoms with Gasteiger partial charge in [-0.05, 0) is 24.3 Å². The maximum atomic E-state index is 11.9. The molecule has 0 bridgehead atoms. The number of anilines is 1. The molecule has 0 saturated heterocycles. The van der Waals surface area contributed by atoms with Crippen molar-refractivity contribution in [1.29, 1.82) is 0 Å². The molecule has 1 aromatic carbocycles. The number of hydrogen-bond acceptors (Lipinski definition) is 4. The van der Waals surface area contributed by atoms with Crippen LogP contribution in [0.15, 0.2) is 48.8 Å². The molecular weight excluding hydrogens is 266 g/mol. The van der Waals surface area contributed by atoms with Gasteiger partial charge in [-0.25, -0.2) is 0 Å². The van der Waals surface area contributed by atoms with Crippen molar-refractivity contribution in [3.8, 4) is 5.75 Å². The van der Waals surface area contributed by atoms with E-state index in [1.54, 1.807) is 24.5 Å². The first-order chi connectivity index (χ1) is 10.3. The molecule has 2 aromatic rings. The zero-order valence-electron chi connectivity index (χ0n) is 11.7. The Hall–Kier alpha value is -2.56. The monoisotopic (exact) mass is 283 g/mol. The molecule has 21 heavy (non-hydrogen) atoms. The number of aromatic nitrogens is 1. The fourth-order valence-electron chi connectivity index (χ4n) is 2.37. The molecule has 0 atom stereocenters. The molecule has 0 radical (unpaired) electrons. The predicted octanol–water partition coefficient (Wildman–Crippen LogP) is 1.71. The average molecular weight is 283 g/mol. The van der Waals surface area contributed by atoms with Crippen LogP contribution in [0.4, 0.5) is 5.69 Å². The molecular formula is C16H17N3O2. The number of para-hydroxylation sites is 2. The Balaban J connectivity index is 1.56. The van der Waals surface area contributed by atoms with Crippen LogP contribution in [0.2, 0.25) is 0 Å². The van der Waals surface area contributed by atoms with Crippen molar-refractivity contribution in [1.82, 2.24) is 10.3 Å². The summed E-state index contributed by atoms with van der Waals surface area (Å²) in [6.45, 7) is 2.87. The topological polar surface area (TPSA) is 54.5 Å². The summed E-state index contributed by atoms with van der Waals surface area (Å²) in [7, 11) is 0. The number of pyridine rings is 1. The standard InChI is InChI=1S/C16H17N3O2/c20-16(13-5-7-17-8-6-13)18-9-10-19-11-12-21-15-4-2-1-3-14(15)19/h1-8H,9-12H2,(H,18,20). The molecule has 3 rings (SSSR count). The van der Waals surface area contributed by atoms with E-state index in [0.29, 0.717) is 18.7 Å². The minimum Gasteiger partial charge on any atom is -0.490 e. The van der Waals surface area contributed by atoms with Crippen LogP contribution in [0.25, 0.3) is 0 Å². The lowest BCUT2D eigenvalue weighted by molar-refractivity contribution is 0.0954. The zero-order chi connectivity index (χ0) is 14.5. The van der Waals surface area contributed by atoms with Crippen LogP contribution in [0.5, 0.6) is 5.75 Å². The molecule has 0 fully saturated rings. The summed E-state index contributed by atoms with van der Waals surface area (Å²) in [5.74, 6) is 0.836. The van der Waals surface area contributed by atoms with Crippen molar-refractivity contribution in [2.75, 3.05) is 31.1 Å². The Morgan fingerprint density at radius 3 is 2.90 bits per heavy atom. The Bertz CT molecular complexity index is 616. The van der Waals surface area contributed by atoms with E-state index in [-0.39, 0.29) is 5.91 Å². The summed E-state index contributed by atoms with van der Waals surface area (Å²) in [5, 5.41) is 2.93. The second-order valence-corrected chi connectivity index (χ2v) is 4.80. The van der Waals surface area contributed by atoms with Gasteiger partial charge in [0.15, 0.2) is 0 Å². The van der Waals surface area contributed by atoms with Crippen molar-refractivity contribution in [3.05, 3.63) is 54.4 Å². The Kier molecular flexibility index (Phi) is 4.00. The lowest BCUT2D eigenvalue weighted by Gasteiger charge is -2.31. The van der Waals surface area contributed by atoms with Crippen molar-refractivity contribution in [2.45, 2.75) is 0 Å². The van der Waals surface area contributed by atoms with E-state index in [1.165, 1.54) is 0 Å². The second kappa shape index (κ2) is 6.26. The first-order valence-electron chi connectivity index (χ1n) is 6.99. The van der Waals surface area contributed by atoms with Gasteiger partial charge in [0.1, 0.15) is 12.4 Å². The first kappa shape index (κ1) is 13.4. The number of rotatable bonds is 4. The molecule has 0 saturated carbocycles. The average Bonchev–Trinajstić information content (AvgIpc) is 2.56.